The normalized spacial score (nSPS) is 11.1. The van der Waals surface area contributed by atoms with Crippen LogP contribution in [0.1, 0.15) is 0 Å². The van der Waals surface area contributed by atoms with E-state index in [1.165, 1.54) is 24.9 Å². The summed E-state index contributed by atoms with van der Waals surface area (Å²) in [4.78, 5) is 13.7. The van der Waals surface area contributed by atoms with Gasteiger partial charge in [0.15, 0.2) is 0 Å². The van der Waals surface area contributed by atoms with Gasteiger partial charge in [0, 0.05) is 4.90 Å². The first-order chi connectivity index (χ1) is 14.0. The first-order valence-corrected chi connectivity index (χ1v) is 12.1. The van der Waals surface area contributed by atoms with Crippen molar-refractivity contribution in [3.63, 3.8) is 0 Å². The minimum Gasteiger partial charge on any atom is -0.495 e. The van der Waals surface area contributed by atoms with Gasteiger partial charge in [-0.3, -0.25) is 9.10 Å². The van der Waals surface area contributed by atoms with E-state index in [9.17, 15) is 13.2 Å². The van der Waals surface area contributed by atoms with Gasteiger partial charge in [-0.1, -0.05) is 30.3 Å². The van der Waals surface area contributed by atoms with Gasteiger partial charge in [0.05, 0.1) is 18.5 Å². The van der Waals surface area contributed by atoms with Crippen molar-refractivity contribution in [3.05, 3.63) is 66.0 Å². The van der Waals surface area contributed by atoms with Gasteiger partial charge in [-0.05, 0) is 42.0 Å². The van der Waals surface area contributed by atoms with E-state index in [4.69, 9.17) is 4.74 Å². The quantitative estimate of drug-likeness (QED) is 0.520. The fraction of sp³-hybridized carbons (Fsp3) is 0.150. The van der Waals surface area contributed by atoms with Gasteiger partial charge in [-0.15, -0.1) is 23.1 Å². The largest absolute Gasteiger partial charge is 0.495 e. The smallest absolute Gasteiger partial charge is 0.274 e. The SMILES string of the molecule is COc1ccccc1N(CC(=O)Nc1ccccc1SC)S(=O)(=O)c1cccs1. The molecule has 0 aliphatic carbocycles. The van der Waals surface area contributed by atoms with E-state index in [2.05, 4.69) is 5.32 Å². The number of hydrogen-bond acceptors (Lipinski definition) is 6. The lowest BCUT2D eigenvalue weighted by Crippen LogP contribution is -2.38. The maximum absolute atomic E-state index is 13.3. The molecule has 0 aliphatic rings. The van der Waals surface area contributed by atoms with Gasteiger partial charge in [0.25, 0.3) is 10.0 Å². The van der Waals surface area contributed by atoms with Crippen LogP contribution >= 0.6 is 23.1 Å². The van der Waals surface area contributed by atoms with Crippen LogP contribution in [0, 0.1) is 0 Å². The summed E-state index contributed by atoms with van der Waals surface area (Å²) >= 11 is 2.60. The fourth-order valence-electron chi connectivity index (χ4n) is 2.72. The summed E-state index contributed by atoms with van der Waals surface area (Å²) in [5.74, 6) is -0.0810. The predicted octanol–water partition coefficient (Wildman–Crippen LogP) is 4.31. The number of carbonyl (C=O) groups excluding carboxylic acids is 1. The van der Waals surface area contributed by atoms with E-state index in [-0.39, 0.29) is 10.8 Å². The van der Waals surface area contributed by atoms with E-state index in [1.54, 1.807) is 41.8 Å². The molecule has 1 amide bonds. The van der Waals surface area contributed by atoms with Crippen LogP contribution in [0.3, 0.4) is 0 Å². The van der Waals surface area contributed by atoms with Gasteiger partial charge in [-0.25, -0.2) is 8.42 Å². The number of thioether (sulfide) groups is 1. The highest BCUT2D eigenvalue weighted by atomic mass is 32.2. The summed E-state index contributed by atoms with van der Waals surface area (Å²) in [7, 11) is -2.48. The Morgan fingerprint density at radius 3 is 2.52 bits per heavy atom. The number of nitrogens with zero attached hydrogens (tertiary/aromatic N) is 1. The van der Waals surface area contributed by atoms with Crippen LogP contribution in [0.25, 0.3) is 0 Å². The van der Waals surface area contributed by atoms with Crippen LogP contribution in [-0.2, 0) is 14.8 Å². The van der Waals surface area contributed by atoms with Gasteiger partial charge in [0.1, 0.15) is 16.5 Å². The zero-order chi connectivity index (χ0) is 20.9. The maximum atomic E-state index is 13.3. The minimum absolute atomic E-state index is 0.153. The average Bonchev–Trinajstić information content (AvgIpc) is 3.28. The first kappa shape index (κ1) is 21.2. The van der Waals surface area contributed by atoms with Gasteiger partial charge in [-0.2, -0.15) is 0 Å². The lowest BCUT2D eigenvalue weighted by molar-refractivity contribution is -0.114. The number of benzene rings is 2. The third kappa shape index (κ3) is 4.75. The molecule has 6 nitrogen and oxygen atoms in total. The number of carbonyl (C=O) groups is 1. The topological polar surface area (TPSA) is 75.7 Å². The molecule has 3 aromatic rings. The number of amides is 1. The van der Waals surface area contributed by atoms with Crippen LogP contribution in [0.4, 0.5) is 11.4 Å². The highest BCUT2D eigenvalue weighted by molar-refractivity contribution is 7.98. The van der Waals surface area contributed by atoms with Crippen molar-refractivity contribution in [1.29, 1.82) is 0 Å². The summed E-state index contributed by atoms with van der Waals surface area (Å²) in [5.41, 5.74) is 0.940. The van der Waals surface area contributed by atoms with E-state index in [1.807, 2.05) is 24.5 Å². The van der Waals surface area contributed by atoms with E-state index in [0.717, 1.165) is 20.5 Å². The Labute approximate surface area is 178 Å². The Morgan fingerprint density at radius 1 is 1.10 bits per heavy atom. The molecule has 29 heavy (non-hydrogen) atoms. The van der Waals surface area contributed by atoms with Gasteiger partial charge in [0.2, 0.25) is 5.91 Å². The minimum atomic E-state index is -3.94. The third-order valence-corrected chi connectivity index (χ3v) is 7.99. The van der Waals surface area contributed by atoms with Gasteiger partial charge >= 0.3 is 0 Å². The zero-order valence-corrected chi connectivity index (χ0v) is 18.3. The van der Waals surface area contributed by atoms with Crippen LogP contribution in [-0.4, -0.2) is 34.2 Å². The van der Waals surface area contributed by atoms with Crippen molar-refractivity contribution < 1.29 is 17.9 Å². The van der Waals surface area contributed by atoms with E-state index >= 15 is 0 Å². The van der Waals surface area contributed by atoms with Crippen molar-refractivity contribution in [2.45, 2.75) is 9.10 Å². The number of thiophene rings is 1. The van der Waals surface area contributed by atoms with Crippen molar-refractivity contribution >= 4 is 50.4 Å². The van der Waals surface area contributed by atoms with Crippen LogP contribution < -0.4 is 14.4 Å². The lowest BCUT2D eigenvalue weighted by Gasteiger charge is -2.25. The monoisotopic (exact) mass is 448 g/mol. The van der Waals surface area contributed by atoms with Crippen LogP contribution in [0.15, 0.2) is 75.1 Å². The number of sulfonamides is 1. The highest BCUT2D eigenvalue weighted by Crippen LogP contribution is 2.33. The standard InChI is InChI=1S/C20H20N2O4S3/c1-26-17-10-5-4-9-16(17)22(29(24,25)20-12-7-13-28-20)14-19(23)21-15-8-3-6-11-18(15)27-2/h3-13H,14H2,1-2H3,(H,21,23). The number of rotatable bonds is 8. The summed E-state index contributed by atoms with van der Waals surface area (Å²) < 4.78 is 33.1. The molecular formula is C20H20N2O4S3. The maximum Gasteiger partial charge on any atom is 0.274 e. The number of hydrogen-bond donors (Lipinski definition) is 1. The summed E-state index contributed by atoms with van der Waals surface area (Å²) in [6.07, 6.45) is 1.91. The summed E-state index contributed by atoms with van der Waals surface area (Å²) in [5, 5.41) is 4.50. The molecule has 9 heteroatoms. The molecule has 0 saturated heterocycles. The second-order valence-corrected chi connectivity index (χ2v) is 9.75. The summed E-state index contributed by atoms with van der Waals surface area (Å²) in [6.45, 7) is -0.386. The number of methoxy groups -OCH3 is 1. The molecule has 0 aliphatic heterocycles. The Bertz CT molecular complexity index is 1080. The van der Waals surface area contributed by atoms with Crippen molar-refractivity contribution in [2.75, 3.05) is 29.5 Å². The number of ether oxygens (including phenoxy) is 1. The number of anilines is 2. The molecule has 1 aromatic heterocycles. The fourth-order valence-corrected chi connectivity index (χ4v) is 5.81. The van der Waals surface area contributed by atoms with E-state index < -0.39 is 15.9 Å². The zero-order valence-electron chi connectivity index (χ0n) is 15.9. The van der Waals surface area contributed by atoms with Gasteiger partial charge < -0.3 is 10.1 Å². The van der Waals surface area contributed by atoms with Crippen molar-refractivity contribution in [1.82, 2.24) is 0 Å². The summed E-state index contributed by atoms with van der Waals surface area (Å²) in [6, 6.07) is 17.3. The number of nitrogens with one attached hydrogen (secondary N) is 1. The lowest BCUT2D eigenvalue weighted by atomic mass is 10.3. The Morgan fingerprint density at radius 2 is 1.83 bits per heavy atom. The Kier molecular flexibility index (Phi) is 6.83. The molecule has 0 fully saturated rings. The Hall–Kier alpha value is -2.49. The third-order valence-electron chi connectivity index (χ3n) is 4.06. The molecule has 0 saturated carbocycles. The molecule has 0 radical (unpaired) electrons. The van der Waals surface area contributed by atoms with E-state index in [0.29, 0.717) is 17.1 Å². The van der Waals surface area contributed by atoms with Crippen LogP contribution in [0.2, 0.25) is 0 Å². The average molecular weight is 449 g/mol. The molecule has 2 aromatic carbocycles. The van der Waals surface area contributed by atoms with Crippen molar-refractivity contribution in [3.8, 4) is 5.75 Å². The molecule has 0 spiro atoms. The predicted molar refractivity (Wildman–Crippen MR) is 119 cm³/mol. The molecule has 1 heterocycles. The van der Waals surface area contributed by atoms with Crippen LogP contribution in [0.5, 0.6) is 5.75 Å². The Balaban J connectivity index is 1.97. The molecule has 3 rings (SSSR count). The molecule has 0 unspecified atom stereocenters. The molecule has 0 bridgehead atoms. The molecule has 0 atom stereocenters. The molecule has 1 N–H and O–H groups in total. The first-order valence-electron chi connectivity index (χ1n) is 8.59. The second kappa shape index (κ2) is 9.34. The highest BCUT2D eigenvalue weighted by Gasteiger charge is 2.30. The number of para-hydroxylation sites is 3. The second-order valence-electron chi connectivity index (χ2n) is 5.86. The van der Waals surface area contributed by atoms with Crippen molar-refractivity contribution in [2.24, 2.45) is 0 Å². The molecule has 152 valence electrons. The molecular weight excluding hydrogens is 428 g/mol.